The number of anilines is 2. The second kappa shape index (κ2) is 6.65. The molecule has 2 atom stereocenters. The summed E-state index contributed by atoms with van der Waals surface area (Å²) in [6.45, 7) is 6.08. The lowest BCUT2D eigenvalue weighted by atomic mass is 10.0. The molecule has 0 aliphatic carbocycles. The molecule has 1 N–H and O–H groups in total. The normalized spacial score (nSPS) is 28.5. The molecular weight excluding hydrogens is 346 g/mol. The number of carbonyl (C=O) groups excluding carboxylic acids is 1. The fourth-order valence-corrected chi connectivity index (χ4v) is 4.84. The molecule has 146 valence electrons. The average molecular weight is 373 g/mol. The molecule has 7 heteroatoms. The van der Waals surface area contributed by atoms with E-state index in [-0.39, 0.29) is 17.8 Å². The molecule has 0 unspecified atom stereocenters. The Bertz CT molecular complexity index is 724. The SMILES string of the molecule is CC(=O)NC[C@@H]1OCN2c3ccc(N4CCC5(CC4)OCCO5)cc3C[C@@H]12. The van der Waals surface area contributed by atoms with Crippen molar-refractivity contribution < 1.29 is 19.0 Å². The quantitative estimate of drug-likeness (QED) is 0.861. The summed E-state index contributed by atoms with van der Waals surface area (Å²) in [5.41, 5.74) is 3.93. The summed E-state index contributed by atoms with van der Waals surface area (Å²) < 4.78 is 17.6. The smallest absolute Gasteiger partial charge is 0.216 e. The van der Waals surface area contributed by atoms with Crippen LogP contribution in [0.1, 0.15) is 25.3 Å². The van der Waals surface area contributed by atoms with Crippen LogP contribution in [0.4, 0.5) is 11.4 Å². The van der Waals surface area contributed by atoms with Crippen LogP contribution in [0.15, 0.2) is 18.2 Å². The second-order valence-corrected chi connectivity index (χ2v) is 7.92. The predicted octanol–water partition coefficient (Wildman–Crippen LogP) is 1.25. The first-order valence-electron chi connectivity index (χ1n) is 9.92. The van der Waals surface area contributed by atoms with Crippen LogP contribution >= 0.6 is 0 Å². The highest BCUT2D eigenvalue weighted by Crippen LogP contribution is 2.40. The summed E-state index contributed by atoms with van der Waals surface area (Å²) in [5, 5.41) is 2.89. The number of fused-ring (bicyclic) bond motifs is 3. The molecular formula is C20H27N3O4. The van der Waals surface area contributed by atoms with Gasteiger partial charge >= 0.3 is 0 Å². The highest BCUT2D eigenvalue weighted by atomic mass is 16.7. The van der Waals surface area contributed by atoms with Gasteiger partial charge in [0.25, 0.3) is 0 Å². The van der Waals surface area contributed by atoms with Crippen molar-refractivity contribution in [2.24, 2.45) is 0 Å². The molecule has 1 aromatic rings. The third-order valence-corrected chi connectivity index (χ3v) is 6.31. The first kappa shape index (κ1) is 17.3. The molecule has 4 heterocycles. The Labute approximate surface area is 159 Å². The number of benzene rings is 1. The van der Waals surface area contributed by atoms with Gasteiger partial charge in [0.05, 0.1) is 25.4 Å². The van der Waals surface area contributed by atoms with E-state index in [0.29, 0.717) is 19.3 Å². The van der Waals surface area contributed by atoms with Gasteiger partial charge in [0.2, 0.25) is 5.91 Å². The maximum Gasteiger partial charge on any atom is 0.216 e. The minimum Gasteiger partial charge on any atom is -0.371 e. The van der Waals surface area contributed by atoms with Crippen molar-refractivity contribution >= 4 is 17.3 Å². The van der Waals surface area contributed by atoms with E-state index in [4.69, 9.17) is 14.2 Å². The summed E-state index contributed by atoms with van der Waals surface area (Å²) in [6, 6.07) is 7.09. The van der Waals surface area contributed by atoms with Gasteiger partial charge in [0.1, 0.15) is 6.73 Å². The number of nitrogens with zero attached hydrogens (tertiary/aromatic N) is 2. The van der Waals surface area contributed by atoms with E-state index in [1.807, 2.05) is 0 Å². The van der Waals surface area contributed by atoms with Gasteiger partial charge in [-0.15, -0.1) is 0 Å². The van der Waals surface area contributed by atoms with Crippen molar-refractivity contribution in [3.63, 3.8) is 0 Å². The zero-order valence-electron chi connectivity index (χ0n) is 15.8. The molecule has 0 radical (unpaired) electrons. The summed E-state index contributed by atoms with van der Waals surface area (Å²) in [4.78, 5) is 16.0. The van der Waals surface area contributed by atoms with Crippen LogP contribution in [0.3, 0.4) is 0 Å². The standard InChI is InChI=1S/C20H27N3O4/c1-14(24)21-12-19-18-11-15-10-16(2-3-17(15)23(18)13-25-19)22-6-4-20(5-7-22)26-8-9-27-20/h2-3,10,18-19H,4-9,11-13H2,1H3,(H,21,24)/t18-,19-/m0/s1. The fraction of sp³-hybridized carbons (Fsp3) is 0.650. The van der Waals surface area contributed by atoms with Crippen LogP contribution in [-0.2, 0) is 25.4 Å². The maximum atomic E-state index is 11.2. The van der Waals surface area contributed by atoms with Crippen molar-refractivity contribution in [3.05, 3.63) is 23.8 Å². The highest BCUT2D eigenvalue weighted by Gasteiger charge is 2.42. The minimum atomic E-state index is -0.329. The lowest BCUT2D eigenvalue weighted by Crippen LogP contribution is -2.45. The zero-order chi connectivity index (χ0) is 18.4. The molecule has 1 spiro atoms. The molecule has 1 amide bonds. The van der Waals surface area contributed by atoms with Crippen LogP contribution in [0.25, 0.3) is 0 Å². The molecule has 4 aliphatic rings. The number of rotatable bonds is 3. The van der Waals surface area contributed by atoms with Crippen molar-refractivity contribution in [2.45, 2.75) is 44.1 Å². The summed E-state index contributed by atoms with van der Waals surface area (Å²) in [6.07, 6.45) is 2.87. The number of amides is 1. The van der Waals surface area contributed by atoms with Gasteiger partial charge in [0, 0.05) is 50.8 Å². The van der Waals surface area contributed by atoms with Gasteiger partial charge in [-0.1, -0.05) is 0 Å². The minimum absolute atomic E-state index is 0.00654. The van der Waals surface area contributed by atoms with E-state index >= 15 is 0 Å². The lowest BCUT2D eigenvalue weighted by Gasteiger charge is -2.38. The molecule has 3 fully saturated rings. The van der Waals surface area contributed by atoms with E-state index in [1.54, 1.807) is 6.92 Å². The van der Waals surface area contributed by atoms with Gasteiger partial charge in [0.15, 0.2) is 5.79 Å². The van der Waals surface area contributed by atoms with E-state index in [1.165, 1.54) is 16.9 Å². The molecule has 0 bridgehead atoms. The van der Waals surface area contributed by atoms with Gasteiger partial charge in [-0.2, -0.15) is 0 Å². The molecule has 4 aliphatic heterocycles. The molecule has 1 aromatic carbocycles. The summed E-state index contributed by atoms with van der Waals surface area (Å²) in [5.74, 6) is -0.336. The third kappa shape index (κ3) is 3.07. The Balaban J connectivity index is 1.27. The van der Waals surface area contributed by atoms with E-state index in [9.17, 15) is 4.79 Å². The molecule has 0 aromatic heterocycles. The van der Waals surface area contributed by atoms with E-state index in [0.717, 1.165) is 45.6 Å². The van der Waals surface area contributed by atoms with Crippen LogP contribution in [-0.4, -0.2) is 63.4 Å². The maximum absolute atomic E-state index is 11.2. The number of hydrogen-bond donors (Lipinski definition) is 1. The van der Waals surface area contributed by atoms with Crippen molar-refractivity contribution in [1.29, 1.82) is 0 Å². The van der Waals surface area contributed by atoms with E-state index in [2.05, 4.69) is 33.3 Å². The first-order chi connectivity index (χ1) is 13.1. The number of nitrogens with one attached hydrogen (secondary N) is 1. The Morgan fingerprint density at radius 1 is 1.26 bits per heavy atom. The first-order valence-corrected chi connectivity index (χ1v) is 9.92. The van der Waals surface area contributed by atoms with Crippen molar-refractivity contribution in [1.82, 2.24) is 5.32 Å². The summed E-state index contributed by atoms with van der Waals surface area (Å²) >= 11 is 0. The van der Waals surface area contributed by atoms with Gasteiger partial charge in [-0.25, -0.2) is 0 Å². The monoisotopic (exact) mass is 373 g/mol. The van der Waals surface area contributed by atoms with Gasteiger partial charge in [-0.05, 0) is 30.2 Å². The van der Waals surface area contributed by atoms with E-state index < -0.39 is 0 Å². The second-order valence-electron chi connectivity index (χ2n) is 7.92. The number of piperidine rings is 1. The topological polar surface area (TPSA) is 63.3 Å². The fourth-order valence-electron chi connectivity index (χ4n) is 4.84. The van der Waals surface area contributed by atoms with Crippen LogP contribution in [0, 0.1) is 0 Å². The molecule has 7 nitrogen and oxygen atoms in total. The highest BCUT2D eigenvalue weighted by molar-refractivity contribution is 5.73. The van der Waals surface area contributed by atoms with Crippen molar-refractivity contribution in [2.75, 3.05) is 49.4 Å². The number of hydrogen-bond acceptors (Lipinski definition) is 6. The van der Waals surface area contributed by atoms with Crippen LogP contribution < -0.4 is 15.1 Å². The summed E-state index contributed by atoms with van der Waals surface area (Å²) in [7, 11) is 0. The Kier molecular flexibility index (Phi) is 4.26. The van der Waals surface area contributed by atoms with Crippen LogP contribution in [0.5, 0.6) is 0 Å². The molecule has 27 heavy (non-hydrogen) atoms. The third-order valence-electron chi connectivity index (χ3n) is 6.31. The Hall–Kier alpha value is -1.83. The lowest BCUT2D eigenvalue weighted by molar-refractivity contribution is -0.169. The molecule has 3 saturated heterocycles. The van der Waals surface area contributed by atoms with Gasteiger partial charge < -0.3 is 29.3 Å². The van der Waals surface area contributed by atoms with Gasteiger partial charge in [-0.3, -0.25) is 4.79 Å². The Morgan fingerprint density at radius 2 is 2.04 bits per heavy atom. The zero-order valence-corrected chi connectivity index (χ0v) is 15.8. The number of ether oxygens (including phenoxy) is 3. The predicted molar refractivity (Wildman–Crippen MR) is 101 cm³/mol. The molecule has 5 rings (SSSR count). The number of carbonyl (C=O) groups is 1. The largest absolute Gasteiger partial charge is 0.371 e. The van der Waals surface area contributed by atoms with Crippen LogP contribution in [0.2, 0.25) is 0 Å². The van der Waals surface area contributed by atoms with Crippen molar-refractivity contribution in [3.8, 4) is 0 Å². The molecule has 0 saturated carbocycles. The Morgan fingerprint density at radius 3 is 2.78 bits per heavy atom. The average Bonchev–Trinajstić information content (AvgIpc) is 3.36.